The number of fused-ring (bicyclic) bond motifs is 2. The zero-order valence-electron chi connectivity index (χ0n) is 11.6. The fourth-order valence-corrected chi connectivity index (χ4v) is 4.94. The zero-order chi connectivity index (χ0) is 13.5. The highest BCUT2D eigenvalue weighted by atomic mass is 19.3. The molecule has 3 N–H and O–H groups in total. The summed E-state index contributed by atoms with van der Waals surface area (Å²) >= 11 is 0. The van der Waals surface area contributed by atoms with Gasteiger partial charge in [-0.25, -0.2) is 8.78 Å². The molecule has 0 amide bonds. The average molecular weight is 272 g/mol. The number of nitrogens with one attached hydrogen (secondary N) is 1. The van der Waals surface area contributed by atoms with Gasteiger partial charge in [-0.2, -0.15) is 0 Å². The Bertz CT molecular complexity index is 321. The van der Waals surface area contributed by atoms with Crippen molar-refractivity contribution in [2.75, 3.05) is 0 Å². The molecule has 5 atom stereocenters. The van der Waals surface area contributed by atoms with Gasteiger partial charge in [0.05, 0.1) is 0 Å². The first kappa shape index (κ1) is 13.7. The predicted octanol–water partition coefficient (Wildman–Crippen LogP) is 3.47. The Morgan fingerprint density at radius 1 is 1.21 bits per heavy atom. The quantitative estimate of drug-likeness (QED) is 0.607. The monoisotopic (exact) mass is 272 g/mol. The molecule has 2 bridgehead atoms. The highest BCUT2D eigenvalue weighted by Crippen LogP contribution is 2.50. The third kappa shape index (κ3) is 2.94. The molecule has 0 aromatic heterocycles. The summed E-state index contributed by atoms with van der Waals surface area (Å²) in [6.45, 7) is 0. The van der Waals surface area contributed by atoms with E-state index >= 15 is 0 Å². The van der Waals surface area contributed by atoms with Gasteiger partial charge >= 0.3 is 0 Å². The first-order valence-electron chi connectivity index (χ1n) is 7.91. The molecule has 3 aliphatic rings. The van der Waals surface area contributed by atoms with Crippen molar-refractivity contribution in [2.45, 2.75) is 69.8 Å². The van der Waals surface area contributed by atoms with E-state index in [1.54, 1.807) is 0 Å². The number of halogens is 2. The summed E-state index contributed by atoms with van der Waals surface area (Å²) in [4.78, 5) is 0. The molecule has 110 valence electrons. The van der Waals surface area contributed by atoms with E-state index in [4.69, 9.17) is 5.84 Å². The molecule has 3 aliphatic carbocycles. The van der Waals surface area contributed by atoms with Gasteiger partial charge in [0.15, 0.2) is 0 Å². The molecule has 0 aliphatic heterocycles. The van der Waals surface area contributed by atoms with E-state index in [-0.39, 0.29) is 24.8 Å². The Kier molecular flexibility index (Phi) is 3.82. The van der Waals surface area contributed by atoms with Gasteiger partial charge in [-0.3, -0.25) is 11.3 Å². The Hall–Kier alpha value is -0.220. The maximum Gasteiger partial charge on any atom is 0.248 e. The summed E-state index contributed by atoms with van der Waals surface area (Å²) < 4.78 is 27.1. The van der Waals surface area contributed by atoms with Crippen LogP contribution in [0.25, 0.3) is 0 Å². The highest BCUT2D eigenvalue weighted by molar-refractivity contribution is 4.94. The van der Waals surface area contributed by atoms with Crippen LogP contribution in [0.3, 0.4) is 0 Å². The largest absolute Gasteiger partial charge is 0.271 e. The van der Waals surface area contributed by atoms with E-state index in [9.17, 15) is 8.78 Å². The molecule has 5 unspecified atom stereocenters. The smallest absolute Gasteiger partial charge is 0.248 e. The fourth-order valence-electron chi connectivity index (χ4n) is 4.94. The zero-order valence-corrected chi connectivity index (χ0v) is 11.6. The van der Waals surface area contributed by atoms with Crippen molar-refractivity contribution in [1.82, 2.24) is 5.43 Å². The molecular weight excluding hydrogens is 246 g/mol. The topological polar surface area (TPSA) is 38.0 Å². The minimum Gasteiger partial charge on any atom is -0.271 e. The van der Waals surface area contributed by atoms with Crippen LogP contribution in [0.1, 0.15) is 57.8 Å². The van der Waals surface area contributed by atoms with Gasteiger partial charge in [0.1, 0.15) is 0 Å². The van der Waals surface area contributed by atoms with Crippen LogP contribution >= 0.6 is 0 Å². The van der Waals surface area contributed by atoms with Gasteiger partial charge in [0, 0.05) is 18.9 Å². The summed E-state index contributed by atoms with van der Waals surface area (Å²) in [5.41, 5.74) is 2.86. The van der Waals surface area contributed by atoms with Crippen LogP contribution in [0.15, 0.2) is 0 Å². The van der Waals surface area contributed by atoms with Crippen LogP contribution in [0.5, 0.6) is 0 Å². The molecule has 0 heterocycles. The van der Waals surface area contributed by atoms with E-state index in [0.717, 1.165) is 30.6 Å². The molecule has 0 spiro atoms. The Morgan fingerprint density at radius 3 is 2.63 bits per heavy atom. The van der Waals surface area contributed by atoms with Crippen LogP contribution in [0.2, 0.25) is 0 Å². The van der Waals surface area contributed by atoms with Crippen LogP contribution in [0, 0.1) is 23.7 Å². The minimum absolute atomic E-state index is 0.0304. The highest BCUT2D eigenvalue weighted by Gasteiger charge is 2.43. The van der Waals surface area contributed by atoms with E-state index in [0.29, 0.717) is 6.42 Å². The average Bonchev–Trinajstić information content (AvgIpc) is 2.96. The predicted molar refractivity (Wildman–Crippen MR) is 71.6 cm³/mol. The molecule has 3 saturated carbocycles. The lowest BCUT2D eigenvalue weighted by Gasteiger charge is -2.36. The molecule has 3 fully saturated rings. The van der Waals surface area contributed by atoms with Crippen molar-refractivity contribution in [3.8, 4) is 0 Å². The van der Waals surface area contributed by atoms with Gasteiger partial charge < -0.3 is 0 Å². The van der Waals surface area contributed by atoms with Gasteiger partial charge in [-0.15, -0.1) is 0 Å². The molecule has 4 heteroatoms. The second-order valence-electron chi connectivity index (χ2n) is 7.16. The lowest BCUT2D eigenvalue weighted by molar-refractivity contribution is -0.0597. The first-order chi connectivity index (χ1) is 9.07. The SMILES string of the molecule is NNC(CC1CC2CCC1C2)C1CCCC(F)(F)C1. The van der Waals surface area contributed by atoms with Gasteiger partial charge in [-0.1, -0.05) is 6.42 Å². The summed E-state index contributed by atoms with van der Waals surface area (Å²) in [6, 6.07) is 0.0931. The maximum absolute atomic E-state index is 13.5. The lowest BCUT2D eigenvalue weighted by Crippen LogP contribution is -2.46. The fraction of sp³-hybridized carbons (Fsp3) is 1.00. The number of rotatable bonds is 4. The van der Waals surface area contributed by atoms with Crippen molar-refractivity contribution in [2.24, 2.45) is 29.5 Å². The molecule has 0 radical (unpaired) electrons. The molecule has 0 aromatic rings. The number of nitrogens with two attached hydrogens (primary N) is 1. The number of hydrogen-bond donors (Lipinski definition) is 2. The first-order valence-corrected chi connectivity index (χ1v) is 7.91. The molecule has 19 heavy (non-hydrogen) atoms. The van der Waals surface area contributed by atoms with E-state index in [1.807, 2.05) is 0 Å². The van der Waals surface area contributed by atoms with Crippen molar-refractivity contribution in [1.29, 1.82) is 0 Å². The number of alkyl halides is 2. The third-order valence-corrected chi connectivity index (χ3v) is 5.90. The van der Waals surface area contributed by atoms with Crippen LogP contribution in [-0.4, -0.2) is 12.0 Å². The lowest BCUT2D eigenvalue weighted by atomic mass is 9.76. The summed E-state index contributed by atoms with van der Waals surface area (Å²) in [7, 11) is 0. The molecule has 2 nitrogen and oxygen atoms in total. The van der Waals surface area contributed by atoms with Gasteiger partial charge in [0.2, 0.25) is 5.92 Å². The second kappa shape index (κ2) is 5.28. The van der Waals surface area contributed by atoms with Crippen molar-refractivity contribution in [3.05, 3.63) is 0 Å². The van der Waals surface area contributed by atoms with E-state index in [1.165, 1.54) is 25.7 Å². The summed E-state index contributed by atoms with van der Waals surface area (Å²) in [6.07, 6.45) is 8.10. The van der Waals surface area contributed by atoms with Crippen molar-refractivity contribution < 1.29 is 8.78 Å². The van der Waals surface area contributed by atoms with E-state index in [2.05, 4.69) is 5.43 Å². The molecular formula is C15H26F2N2. The van der Waals surface area contributed by atoms with Gasteiger partial charge in [0.25, 0.3) is 0 Å². The second-order valence-corrected chi connectivity index (χ2v) is 7.16. The van der Waals surface area contributed by atoms with Crippen LogP contribution in [-0.2, 0) is 0 Å². The standard InChI is InChI=1S/C15H26F2N2/c16-15(17)5-1-2-12(9-15)14(19-18)8-13-7-10-3-4-11(13)6-10/h10-14,19H,1-9,18H2. The number of hydrogen-bond acceptors (Lipinski definition) is 2. The summed E-state index contributed by atoms with van der Waals surface area (Å²) in [5.74, 6) is 5.77. The van der Waals surface area contributed by atoms with E-state index < -0.39 is 5.92 Å². The Labute approximate surface area is 114 Å². The Balaban J connectivity index is 1.58. The minimum atomic E-state index is -2.47. The number of hydrazine groups is 1. The Morgan fingerprint density at radius 2 is 2.05 bits per heavy atom. The van der Waals surface area contributed by atoms with Crippen LogP contribution < -0.4 is 11.3 Å². The summed E-state index contributed by atoms with van der Waals surface area (Å²) in [5, 5.41) is 0. The molecule has 0 saturated heterocycles. The van der Waals surface area contributed by atoms with Crippen molar-refractivity contribution in [3.63, 3.8) is 0 Å². The third-order valence-electron chi connectivity index (χ3n) is 5.90. The molecule has 0 aromatic carbocycles. The normalized spacial score (nSPS) is 42.5. The van der Waals surface area contributed by atoms with Crippen LogP contribution in [0.4, 0.5) is 8.78 Å². The molecule has 3 rings (SSSR count). The van der Waals surface area contributed by atoms with Crippen molar-refractivity contribution >= 4 is 0 Å². The maximum atomic E-state index is 13.5. The van der Waals surface area contributed by atoms with Gasteiger partial charge in [-0.05, 0) is 62.2 Å².